The van der Waals surface area contributed by atoms with E-state index >= 15 is 0 Å². The molecule has 0 aliphatic heterocycles. The monoisotopic (exact) mass is 180 g/mol. The molecule has 0 aromatic heterocycles. The zero-order valence-corrected chi connectivity index (χ0v) is 8.50. The Balaban J connectivity index is 1.95. The third kappa shape index (κ3) is 0.971. The van der Waals surface area contributed by atoms with Gasteiger partial charge in [-0.25, -0.2) is 0 Å². The molecule has 0 heterocycles. The molecule has 0 radical (unpaired) electrons. The highest BCUT2D eigenvalue weighted by Gasteiger charge is 2.54. The van der Waals surface area contributed by atoms with Crippen LogP contribution < -0.4 is 0 Å². The van der Waals surface area contributed by atoms with Gasteiger partial charge in [-0.05, 0) is 61.2 Å². The molecule has 74 valence electrons. The second-order valence-electron chi connectivity index (χ2n) is 5.92. The maximum atomic E-state index is 9.60. The van der Waals surface area contributed by atoms with E-state index in [0.29, 0.717) is 12.0 Å². The number of aliphatic hydroxyl groups excluding tert-OH is 1. The van der Waals surface area contributed by atoms with E-state index in [9.17, 15) is 5.11 Å². The first kappa shape index (κ1) is 8.28. The molecule has 4 saturated carbocycles. The average molecular weight is 180 g/mol. The quantitative estimate of drug-likeness (QED) is 0.657. The number of hydrogen-bond acceptors (Lipinski definition) is 1. The Kier molecular flexibility index (Phi) is 1.59. The highest BCUT2D eigenvalue weighted by atomic mass is 16.3. The Morgan fingerprint density at radius 1 is 1.15 bits per heavy atom. The zero-order valence-electron chi connectivity index (χ0n) is 8.50. The first-order chi connectivity index (χ1) is 6.23. The van der Waals surface area contributed by atoms with Gasteiger partial charge in [0.25, 0.3) is 0 Å². The number of hydrogen-bond donors (Lipinski definition) is 1. The van der Waals surface area contributed by atoms with Crippen molar-refractivity contribution in [1.82, 2.24) is 0 Å². The lowest BCUT2D eigenvalue weighted by Crippen LogP contribution is -2.53. The third-order valence-electron chi connectivity index (χ3n) is 5.32. The van der Waals surface area contributed by atoms with Crippen molar-refractivity contribution in [2.24, 2.45) is 29.1 Å². The van der Waals surface area contributed by atoms with E-state index in [0.717, 1.165) is 23.7 Å². The topological polar surface area (TPSA) is 20.2 Å². The lowest BCUT2D eigenvalue weighted by atomic mass is 9.46. The summed E-state index contributed by atoms with van der Waals surface area (Å²) in [4.78, 5) is 0. The predicted molar refractivity (Wildman–Crippen MR) is 52.2 cm³/mol. The molecule has 3 unspecified atom stereocenters. The summed E-state index contributed by atoms with van der Waals surface area (Å²) in [6.07, 6.45) is 7.08. The van der Waals surface area contributed by atoms with Gasteiger partial charge in [0.15, 0.2) is 0 Å². The van der Waals surface area contributed by atoms with Crippen LogP contribution >= 0.6 is 0 Å². The maximum Gasteiger partial charge on any atom is 0.0490 e. The third-order valence-corrected chi connectivity index (χ3v) is 5.32. The van der Waals surface area contributed by atoms with Gasteiger partial charge >= 0.3 is 0 Å². The lowest BCUT2D eigenvalue weighted by Gasteiger charge is -2.60. The van der Waals surface area contributed by atoms with Crippen molar-refractivity contribution in [3.05, 3.63) is 0 Å². The molecule has 4 aliphatic carbocycles. The SMILES string of the molecule is CC1C2CC3CC(C2)CC1(CO)C3. The fraction of sp³-hybridized carbons (Fsp3) is 1.00. The summed E-state index contributed by atoms with van der Waals surface area (Å²) in [6, 6.07) is 0. The summed E-state index contributed by atoms with van der Waals surface area (Å²) >= 11 is 0. The van der Waals surface area contributed by atoms with Crippen LogP contribution in [0.2, 0.25) is 0 Å². The van der Waals surface area contributed by atoms with Crippen molar-refractivity contribution in [2.45, 2.75) is 39.0 Å². The minimum atomic E-state index is 0.356. The van der Waals surface area contributed by atoms with Crippen molar-refractivity contribution in [1.29, 1.82) is 0 Å². The largest absolute Gasteiger partial charge is 0.396 e. The predicted octanol–water partition coefficient (Wildman–Crippen LogP) is 2.44. The minimum Gasteiger partial charge on any atom is -0.396 e. The van der Waals surface area contributed by atoms with E-state index in [-0.39, 0.29) is 0 Å². The summed E-state index contributed by atoms with van der Waals surface area (Å²) in [7, 11) is 0. The van der Waals surface area contributed by atoms with Crippen LogP contribution in [0.3, 0.4) is 0 Å². The van der Waals surface area contributed by atoms with Crippen molar-refractivity contribution < 1.29 is 5.11 Å². The van der Waals surface area contributed by atoms with Gasteiger partial charge in [-0.3, -0.25) is 0 Å². The van der Waals surface area contributed by atoms with Gasteiger partial charge in [0.1, 0.15) is 0 Å². The second kappa shape index (κ2) is 2.50. The van der Waals surface area contributed by atoms with Gasteiger partial charge in [0.05, 0.1) is 0 Å². The molecule has 3 atom stereocenters. The van der Waals surface area contributed by atoms with E-state index in [1.54, 1.807) is 0 Å². The van der Waals surface area contributed by atoms with Crippen LogP contribution in [0.25, 0.3) is 0 Å². The Morgan fingerprint density at radius 3 is 2.31 bits per heavy atom. The minimum absolute atomic E-state index is 0.356. The average Bonchev–Trinajstić information content (AvgIpc) is 2.12. The summed E-state index contributed by atoms with van der Waals surface area (Å²) in [6.45, 7) is 2.84. The summed E-state index contributed by atoms with van der Waals surface area (Å²) in [5.41, 5.74) is 0.356. The van der Waals surface area contributed by atoms with E-state index in [4.69, 9.17) is 0 Å². The molecule has 1 heteroatoms. The molecule has 1 N–H and O–H groups in total. The summed E-state index contributed by atoms with van der Waals surface area (Å²) < 4.78 is 0. The van der Waals surface area contributed by atoms with E-state index in [1.165, 1.54) is 32.1 Å². The first-order valence-corrected chi connectivity index (χ1v) is 5.84. The van der Waals surface area contributed by atoms with Crippen molar-refractivity contribution in [2.75, 3.05) is 6.61 Å². The lowest BCUT2D eigenvalue weighted by molar-refractivity contribution is -0.125. The molecule has 4 fully saturated rings. The molecular weight excluding hydrogens is 160 g/mol. The van der Waals surface area contributed by atoms with Crippen LogP contribution in [0.1, 0.15) is 39.0 Å². The van der Waals surface area contributed by atoms with E-state index in [1.807, 2.05) is 0 Å². The standard InChI is InChI=1S/C12H20O/c1-8-11-3-9-2-10(4-11)6-12(8,5-9)7-13/h8-11,13H,2-7H2,1H3. The first-order valence-electron chi connectivity index (χ1n) is 5.84. The van der Waals surface area contributed by atoms with Crippen molar-refractivity contribution in [3.8, 4) is 0 Å². The maximum absolute atomic E-state index is 9.60. The Bertz CT molecular complexity index is 209. The van der Waals surface area contributed by atoms with Gasteiger partial charge in [-0.1, -0.05) is 6.92 Å². The molecule has 0 spiro atoms. The molecular formula is C12H20O. The molecule has 4 bridgehead atoms. The van der Waals surface area contributed by atoms with Gasteiger partial charge in [-0.2, -0.15) is 0 Å². The Hall–Kier alpha value is -0.0400. The van der Waals surface area contributed by atoms with Crippen molar-refractivity contribution in [3.63, 3.8) is 0 Å². The van der Waals surface area contributed by atoms with Crippen LogP contribution in [0, 0.1) is 29.1 Å². The van der Waals surface area contributed by atoms with Crippen molar-refractivity contribution >= 4 is 0 Å². The molecule has 13 heavy (non-hydrogen) atoms. The fourth-order valence-corrected chi connectivity index (χ4v) is 4.74. The molecule has 0 aromatic carbocycles. The van der Waals surface area contributed by atoms with Crippen LogP contribution in [-0.4, -0.2) is 11.7 Å². The van der Waals surface area contributed by atoms with E-state index < -0.39 is 0 Å². The van der Waals surface area contributed by atoms with Crippen LogP contribution in [0.5, 0.6) is 0 Å². The molecule has 0 amide bonds. The van der Waals surface area contributed by atoms with Crippen LogP contribution in [0.4, 0.5) is 0 Å². The zero-order chi connectivity index (χ0) is 9.05. The van der Waals surface area contributed by atoms with Crippen LogP contribution in [-0.2, 0) is 0 Å². The van der Waals surface area contributed by atoms with Gasteiger partial charge in [0, 0.05) is 6.61 Å². The highest BCUT2D eigenvalue weighted by Crippen LogP contribution is 2.62. The second-order valence-corrected chi connectivity index (χ2v) is 5.92. The van der Waals surface area contributed by atoms with Crippen LogP contribution in [0.15, 0.2) is 0 Å². The van der Waals surface area contributed by atoms with E-state index in [2.05, 4.69) is 6.92 Å². The smallest absolute Gasteiger partial charge is 0.0490 e. The Labute approximate surface area is 80.5 Å². The normalized spacial score (nSPS) is 58.6. The number of rotatable bonds is 1. The molecule has 0 saturated heterocycles. The molecule has 0 aromatic rings. The Morgan fingerprint density at radius 2 is 1.77 bits per heavy atom. The summed E-state index contributed by atoms with van der Waals surface area (Å²) in [5, 5.41) is 9.60. The van der Waals surface area contributed by atoms with Gasteiger partial charge in [-0.15, -0.1) is 0 Å². The fourth-order valence-electron chi connectivity index (χ4n) is 4.74. The molecule has 1 nitrogen and oxygen atoms in total. The summed E-state index contributed by atoms with van der Waals surface area (Å²) in [5.74, 6) is 3.70. The number of aliphatic hydroxyl groups is 1. The molecule has 4 aliphatic rings. The highest BCUT2D eigenvalue weighted by molar-refractivity contribution is 5.04. The van der Waals surface area contributed by atoms with Gasteiger partial charge in [0.2, 0.25) is 0 Å². The molecule has 4 rings (SSSR count). The van der Waals surface area contributed by atoms with Gasteiger partial charge < -0.3 is 5.11 Å².